The van der Waals surface area contributed by atoms with Crippen molar-refractivity contribution in [2.24, 2.45) is 5.18 Å². The number of hydrogen-bond donors (Lipinski definition) is 1. The zero-order chi connectivity index (χ0) is 14.0. The van der Waals surface area contributed by atoms with Crippen molar-refractivity contribution in [1.29, 1.82) is 0 Å². The van der Waals surface area contributed by atoms with E-state index in [0.717, 1.165) is 0 Å². The molecule has 0 fully saturated rings. The highest BCUT2D eigenvalue weighted by Crippen LogP contribution is 2.24. The SMILES string of the molecule is COC(=O)Cc1nc2c(C(=O)O)cccn2c1N=O. The van der Waals surface area contributed by atoms with Crippen LogP contribution in [0, 0.1) is 4.91 Å². The lowest BCUT2D eigenvalue weighted by Crippen LogP contribution is -2.04. The van der Waals surface area contributed by atoms with Crippen molar-refractivity contribution in [3.05, 3.63) is 34.5 Å². The monoisotopic (exact) mass is 263 g/mol. The second-order valence-electron chi connectivity index (χ2n) is 3.65. The molecule has 8 nitrogen and oxygen atoms in total. The predicted molar refractivity (Wildman–Crippen MR) is 63.3 cm³/mol. The van der Waals surface area contributed by atoms with E-state index in [2.05, 4.69) is 14.9 Å². The molecular formula is C11H9N3O5. The Hall–Kier alpha value is -2.77. The Morgan fingerprint density at radius 3 is 2.84 bits per heavy atom. The van der Waals surface area contributed by atoms with Gasteiger partial charge in [0.25, 0.3) is 0 Å². The summed E-state index contributed by atoms with van der Waals surface area (Å²) in [6.45, 7) is 0. The molecule has 98 valence electrons. The summed E-state index contributed by atoms with van der Waals surface area (Å²) in [6, 6.07) is 2.80. The summed E-state index contributed by atoms with van der Waals surface area (Å²) in [6.07, 6.45) is 1.20. The summed E-state index contributed by atoms with van der Waals surface area (Å²) in [5.74, 6) is -1.88. The van der Waals surface area contributed by atoms with Gasteiger partial charge in [-0.25, -0.2) is 9.78 Å². The zero-order valence-corrected chi connectivity index (χ0v) is 9.86. The molecule has 0 spiro atoms. The topological polar surface area (TPSA) is 110 Å². The second-order valence-corrected chi connectivity index (χ2v) is 3.65. The number of methoxy groups -OCH3 is 1. The maximum atomic E-state index is 11.2. The fraction of sp³-hybridized carbons (Fsp3) is 0.182. The lowest BCUT2D eigenvalue weighted by Gasteiger charge is -1.97. The standard InChI is InChI=1S/C11H9N3O5/c1-19-8(15)5-7-10(13-18)14-4-2-3-6(11(16)17)9(14)12-7/h2-4H,5H2,1H3,(H,16,17). The molecule has 1 N–H and O–H groups in total. The summed E-state index contributed by atoms with van der Waals surface area (Å²) >= 11 is 0. The van der Waals surface area contributed by atoms with E-state index in [1.807, 2.05) is 0 Å². The molecule has 8 heteroatoms. The van der Waals surface area contributed by atoms with Crippen LogP contribution in [-0.2, 0) is 16.0 Å². The normalized spacial score (nSPS) is 10.4. The fourth-order valence-electron chi connectivity index (χ4n) is 1.69. The number of esters is 1. The van der Waals surface area contributed by atoms with Crippen LogP contribution in [0.4, 0.5) is 5.82 Å². The van der Waals surface area contributed by atoms with E-state index in [-0.39, 0.29) is 29.1 Å². The van der Waals surface area contributed by atoms with Crippen molar-refractivity contribution in [2.45, 2.75) is 6.42 Å². The van der Waals surface area contributed by atoms with Crippen LogP contribution in [0.3, 0.4) is 0 Å². The average Bonchev–Trinajstić information content (AvgIpc) is 2.74. The van der Waals surface area contributed by atoms with Gasteiger partial charge < -0.3 is 9.84 Å². The van der Waals surface area contributed by atoms with Gasteiger partial charge in [-0.1, -0.05) is 0 Å². The number of carboxylic acids is 1. The van der Waals surface area contributed by atoms with Crippen LogP contribution in [0.15, 0.2) is 23.5 Å². The summed E-state index contributed by atoms with van der Waals surface area (Å²) in [4.78, 5) is 37.1. The fourth-order valence-corrected chi connectivity index (χ4v) is 1.69. The van der Waals surface area contributed by atoms with Gasteiger partial charge >= 0.3 is 11.9 Å². The van der Waals surface area contributed by atoms with Crippen LogP contribution in [0.2, 0.25) is 0 Å². The lowest BCUT2D eigenvalue weighted by molar-refractivity contribution is -0.139. The van der Waals surface area contributed by atoms with E-state index < -0.39 is 11.9 Å². The maximum Gasteiger partial charge on any atom is 0.339 e. The van der Waals surface area contributed by atoms with Crippen molar-refractivity contribution in [2.75, 3.05) is 7.11 Å². The van der Waals surface area contributed by atoms with Crippen LogP contribution < -0.4 is 0 Å². The van der Waals surface area contributed by atoms with Gasteiger partial charge in [0.15, 0.2) is 5.65 Å². The molecule has 19 heavy (non-hydrogen) atoms. The van der Waals surface area contributed by atoms with Gasteiger partial charge in [-0.3, -0.25) is 9.20 Å². The third-order valence-corrected chi connectivity index (χ3v) is 2.55. The van der Waals surface area contributed by atoms with Gasteiger partial charge in [0.2, 0.25) is 5.82 Å². The summed E-state index contributed by atoms with van der Waals surface area (Å²) in [5, 5.41) is 11.8. The molecule has 0 saturated carbocycles. The Morgan fingerprint density at radius 2 is 2.26 bits per heavy atom. The van der Waals surface area contributed by atoms with Gasteiger partial charge in [-0.2, -0.15) is 0 Å². The molecule has 0 saturated heterocycles. The Balaban J connectivity index is 2.66. The number of rotatable bonds is 4. The molecule has 2 aromatic rings. The van der Waals surface area contributed by atoms with Crippen molar-refractivity contribution in [3.63, 3.8) is 0 Å². The Labute approximate surface area is 106 Å². The largest absolute Gasteiger partial charge is 0.478 e. The maximum absolute atomic E-state index is 11.2. The second kappa shape index (κ2) is 4.84. The number of ether oxygens (including phenoxy) is 1. The first-order chi connectivity index (χ1) is 9.08. The number of carbonyl (C=O) groups excluding carboxylic acids is 1. The predicted octanol–water partition coefficient (Wildman–Crippen LogP) is 1.15. The number of nitrogens with zero attached hydrogens (tertiary/aromatic N) is 3. The van der Waals surface area contributed by atoms with Crippen molar-refractivity contribution in [3.8, 4) is 0 Å². The molecule has 0 atom stereocenters. The lowest BCUT2D eigenvalue weighted by atomic mass is 10.3. The van der Waals surface area contributed by atoms with Crippen LogP contribution in [0.25, 0.3) is 5.65 Å². The molecule has 2 heterocycles. The average molecular weight is 263 g/mol. The van der Waals surface area contributed by atoms with E-state index >= 15 is 0 Å². The van der Waals surface area contributed by atoms with Crippen LogP contribution >= 0.6 is 0 Å². The number of fused-ring (bicyclic) bond motifs is 1. The highest BCUT2D eigenvalue weighted by molar-refractivity contribution is 5.95. The minimum Gasteiger partial charge on any atom is -0.478 e. The minimum atomic E-state index is -1.18. The number of carboxylic acid groups (broad SMARTS) is 1. The number of aromatic nitrogens is 2. The Kier molecular flexibility index (Phi) is 3.23. The van der Waals surface area contributed by atoms with Crippen molar-refractivity contribution < 1.29 is 19.4 Å². The highest BCUT2D eigenvalue weighted by Gasteiger charge is 2.20. The third kappa shape index (κ3) is 2.15. The van der Waals surface area contributed by atoms with Crippen LogP contribution in [-0.4, -0.2) is 33.5 Å². The summed E-state index contributed by atoms with van der Waals surface area (Å²) < 4.78 is 5.71. The number of aromatic carboxylic acids is 1. The third-order valence-electron chi connectivity index (χ3n) is 2.55. The first-order valence-corrected chi connectivity index (χ1v) is 5.22. The first-order valence-electron chi connectivity index (χ1n) is 5.22. The van der Waals surface area contributed by atoms with E-state index in [0.29, 0.717) is 0 Å². The van der Waals surface area contributed by atoms with Crippen molar-refractivity contribution in [1.82, 2.24) is 9.38 Å². The summed E-state index contributed by atoms with van der Waals surface area (Å²) in [7, 11) is 1.20. The van der Waals surface area contributed by atoms with Gasteiger partial charge in [-0.15, -0.1) is 4.91 Å². The Bertz CT molecular complexity index is 676. The van der Waals surface area contributed by atoms with E-state index in [9.17, 15) is 14.5 Å². The molecule has 2 aromatic heterocycles. The number of imidazole rings is 1. The number of nitroso groups, excluding NO2 is 1. The van der Waals surface area contributed by atoms with Gasteiger partial charge in [-0.05, 0) is 17.3 Å². The molecule has 2 rings (SSSR count). The molecule has 0 aliphatic heterocycles. The number of pyridine rings is 1. The molecule has 0 amide bonds. The van der Waals surface area contributed by atoms with Gasteiger partial charge in [0, 0.05) is 6.20 Å². The first kappa shape index (κ1) is 12.7. The molecule has 0 aromatic carbocycles. The highest BCUT2D eigenvalue weighted by atomic mass is 16.5. The molecule has 0 bridgehead atoms. The van der Waals surface area contributed by atoms with Crippen molar-refractivity contribution >= 4 is 23.4 Å². The molecular weight excluding hydrogens is 254 g/mol. The van der Waals surface area contributed by atoms with Gasteiger partial charge in [0.05, 0.1) is 13.5 Å². The molecule has 0 aliphatic carbocycles. The summed E-state index contributed by atoms with van der Waals surface area (Å²) in [5.41, 5.74) is 0.0579. The molecule has 0 radical (unpaired) electrons. The quantitative estimate of drug-likeness (QED) is 0.654. The smallest absolute Gasteiger partial charge is 0.339 e. The minimum absolute atomic E-state index is 0.0588. The number of carbonyl (C=O) groups is 2. The molecule has 0 aliphatic rings. The van der Waals surface area contributed by atoms with E-state index in [1.165, 1.54) is 29.8 Å². The van der Waals surface area contributed by atoms with Gasteiger partial charge in [0.1, 0.15) is 11.3 Å². The van der Waals surface area contributed by atoms with Crippen LogP contribution in [0.5, 0.6) is 0 Å². The van der Waals surface area contributed by atoms with Crippen LogP contribution in [0.1, 0.15) is 16.1 Å². The zero-order valence-electron chi connectivity index (χ0n) is 9.86. The Morgan fingerprint density at radius 1 is 1.53 bits per heavy atom. The number of hydrogen-bond acceptors (Lipinski definition) is 6. The molecule has 0 unspecified atom stereocenters. The van der Waals surface area contributed by atoms with E-state index in [4.69, 9.17) is 5.11 Å². The van der Waals surface area contributed by atoms with E-state index in [1.54, 1.807) is 0 Å².